The zero-order valence-corrected chi connectivity index (χ0v) is 11.1. The largest absolute Gasteiger partial charge is 0.478 e. The number of carboxylic acid groups (broad SMARTS) is 1. The Bertz CT molecular complexity index is 489. The topological polar surface area (TPSA) is 75.6 Å². The third kappa shape index (κ3) is 3.90. The standard InChI is InChI=1S/C13H15NO4S/c15-12(16)2-1-9-4-6-19-11(9)7-14-13(17)10-3-5-18-8-10/h1-2,4,6,10H,3,5,7-8H2,(H,14,17)(H,15,16). The summed E-state index contributed by atoms with van der Waals surface area (Å²) in [4.78, 5) is 23.2. The van der Waals surface area contributed by atoms with Gasteiger partial charge >= 0.3 is 5.97 Å². The van der Waals surface area contributed by atoms with Crippen molar-refractivity contribution < 1.29 is 19.4 Å². The second-order valence-corrected chi connectivity index (χ2v) is 5.25. The zero-order chi connectivity index (χ0) is 13.7. The van der Waals surface area contributed by atoms with Gasteiger partial charge in [0.25, 0.3) is 0 Å². The average Bonchev–Trinajstić information content (AvgIpc) is 3.04. The van der Waals surface area contributed by atoms with Crippen LogP contribution in [0.3, 0.4) is 0 Å². The number of hydrogen-bond donors (Lipinski definition) is 2. The third-order valence-corrected chi connectivity index (χ3v) is 3.85. The predicted molar refractivity (Wildman–Crippen MR) is 71.8 cm³/mol. The number of amides is 1. The van der Waals surface area contributed by atoms with Gasteiger partial charge in [-0.05, 0) is 29.5 Å². The maximum Gasteiger partial charge on any atom is 0.328 e. The van der Waals surface area contributed by atoms with Gasteiger partial charge in [-0.3, -0.25) is 4.79 Å². The maximum atomic E-state index is 11.8. The van der Waals surface area contributed by atoms with E-state index in [0.717, 1.165) is 22.9 Å². The lowest BCUT2D eigenvalue weighted by atomic mass is 10.1. The number of carbonyl (C=O) groups is 2. The van der Waals surface area contributed by atoms with Crippen molar-refractivity contribution in [3.05, 3.63) is 28.0 Å². The third-order valence-electron chi connectivity index (χ3n) is 2.91. The van der Waals surface area contributed by atoms with Crippen LogP contribution >= 0.6 is 11.3 Å². The van der Waals surface area contributed by atoms with E-state index in [2.05, 4.69) is 5.32 Å². The fourth-order valence-electron chi connectivity index (χ4n) is 1.86. The Morgan fingerprint density at radius 2 is 2.42 bits per heavy atom. The summed E-state index contributed by atoms with van der Waals surface area (Å²) in [6, 6.07) is 1.84. The van der Waals surface area contributed by atoms with Crippen LogP contribution in [0.1, 0.15) is 16.9 Å². The lowest BCUT2D eigenvalue weighted by Gasteiger charge is -2.08. The van der Waals surface area contributed by atoms with Crippen molar-refractivity contribution in [3.63, 3.8) is 0 Å². The molecule has 0 aromatic carbocycles. The van der Waals surface area contributed by atoms with E-state index in [9.17, 15) is 9.59 Å². The Balaban J connectivity index is 1.90. The molecule has 0 spiro atoms. The number of thiophene rings is 1. The number of carboxylic acids is 1. The van der Waals surface area contributed by atoms with E-state index in [1.54, 1.807) is 6.08 Å². The smallest absolute Gasteiger partial charge is 0.328 e. The Morgan fingerprint density at radius 3 is 3.11 bits per heavy atom. The van der Waals surface area contributed by atoms with Crippen LogP contribution in [0.15, 0.2) is 17.5 Å². The number of rotatable bonds is 5. The van der Waals surface area contributed by atoms with Gasteiger partial charge in [0.1, 0.15) is 0 Å². The summed E-state index contributed by atoms with van der Waals surface area (Å²) in [6.07, 6.45) is 3.40. The summed E-state index contributed by atoms with van der Waals surface area (Å²) < 4.78 is 5.17. The van der Waals surface area contributed by atoms with E-state index in [4.69, 9.17) is 9.84 Å². The Labute approximate surface area is 114 Å². The molecular formula is C13H15NO4S. The lowest BCUT2D eigenvalue weighted by Crippen LogP contribution is -2.30. The number of nitrogens with one attached hydrogen (secondary N) is 1. The molecule has 1 aliphatic rings. The van der Waals surface area contributed by atoms with E-state index < -0.39 is 5.97 Å². The second kappa shape index (κ2) is 6.49. The van der Waals surface area contributed by atoms with Gasteiger partial charge in [-0.1, -0.05) is 0 Å². The molecule has 0 bridgehead atoms. The van der Waals surface area contributed by atoms with Crippen LogP contribution < -0.4 is 5.32 Å². The van der Waals surface area contributed by atoms with Crippen LogP contribution in [0, 0.1) is 5.92 Å². The first-order valence-corrected chi connectivity index (χ1v) is 6.87. The molecule has 1 unspecified atom stereocenters. The molecule has 19 heavy (non-hydrogen) atoms. The molecule has 1 atom stereocenters. The predicted octanol–water partition coefficient (Wildman–Crippen LogP) is 1.50. The number of carbonyl (C=O) groups excluding carboxylic acids is 1. The van der Waals surface area contributed by atoms with Crippen LogP contribution in [0.2, 0.25) is 0 Å². The van der Waals surface area contributed by atoms with Crippen molar-refractivity contribution in [2.45, 2.75) is 13.0 Å². The fraction of sp³-hybridized carbons (Fsp3) is 0.385. The van der Waals surface area contributed by atoms with E-state index in [1.165, 1.54) is 11.3 Å². The first-order valence-electron chi connectivity index (χ1n) is 5.99. The lowest BCUT2D eigenvalue weighted by molar-refractivity contribution is -0.131. The highest BCUT2D eigenvalue weighted by Gasteiger charge is 2.23. The van der Waals surface area contributed by atoms with Gasteiger partial charge in [-0.15, -0.1) is 11.3 Å². The molecule has 1 amide bonds. The molecule has 0 radical (unpaired) electrons. The highest BCUT2D eigenvalue weighted by molar-refractivity contribution is 7.10. The number of hydrogen-bond acceptors (Lipinski definition) is 4. The second-order valence-electron chi connectivity index (χ2n) is 4.25. The van der Waals surface area contributed by atoms with Crippen LogP contribution in [0.5, 0.6) is 0 Å². The molecule has 1 aromatic rings. The van der Waals surface area contributed by atoms with Crippen LogP contribution in [-0.4, -0.2) is 30.2 Å². The van der Waals surface area contributed by atoms with Crippen LogP contribution in [0.25, 0.3) is 6.08 Å². The minimum absolute atomic E-state index is 0.000867. The molecule has 1 aliphatic heterocycles. The molecule has 1 aromatic heterocycles. The molecule has 2 N–H and O–H groups in total. The first kappa shape index (κ1) is 13.8. The van der Waals surface area contributed by atoms with Crippen molar-refractivity contribution in [3.8, 4) is 0 Å². The quantitative estimate of drug-likeness (QED) is 0.802. The zero-order valence-electron chi connectivity index (χ0n) is 10.3. The van der Waals surface area contributed by atoms with Gasteiger partial charge in [0, 0.05) is 17.6 Å². The highest BCUT2D eigenvalue weighted by atomic mass is 32.1. The van der Waals surface area contributed by atoms with Crippen LogP contribution in [0.4, 0.5) is 0 Å². The molecule has 5 nitrogen and oxygen atoms in total. The monoisotopic (exact) mass is 281 g/mol. The minimum atomic E-state index is -0.982. The summed E-state index contributed by atoms with van der Waals surface area (Å²) in [5.41, 5.74) is 0.829. The molecule has 1 fully saturated rings. The van der Waals surface area contributed by atoms with Crippen molar-refractivity contribution >= 4 is 29.3 Å². The highest BCUT2D eigenvalue weighted by Crippen LogP contribution is 2.19. The van der Waals surface area contributed by atoms with Crippen molar-refractivity contribution in [2.75, 3.05) is 13.2 Å². The molecule has 1 saturated heterocycles. The summed E-state index contributed by atoms with van der Waals surface area (Å²) in [6.45, 7) is 1.55. The summed E-state index contributed by atoms with van der Waals surface area (Å²) in [5, 5.41) is 13.3. The summed E-state index contributed by atoms with van der Waals surface area (Å²) in [7, 11) is 0. The summed E-state index contributed by atoms with van der Waals surface area (Å²) in [5.74, 6) is -1.04. The Morgan fingerprint density at radius 1 is 1.58 bits per heavy atom. The van der Waals surface area contributed by atoms with E-state index >= 15 is 0 Å². The van der Waals surface area contributed by atoms with Gasteiger partial charge in [0.15, 0.2) is 0 Å². The van der Waals surface area contributed by atoms with E-state index in [-0.39, 0.29) is 11.8 Å². The molecule has 0 aliphatic carbocycles. The molecule has 2 rings (SSSR count). The average molecular weight is 281 g/mol. The van der Waals surface area contributed by atoms with E-state index in [1.807, 2.05) is 11.4 Å². The fourth-order valence-corrected chi connectivity index (χ4v) is 2.66. The molecule has 102 valence electrons. The molecule has 6 heteroatoms. The summed E-state index contributed by atoms with van der Waals surface area (Å²) >= 11 is 1.50. The SMILES string of the molecule is O=C(O)C=Cc1ccsc1CNC(=O)C1CCOC1. The molecule has 2 heterocycles. The van der Waals surface area contributed by atoms with Gasteiger partial charge < -0.3 is 15.2 Å². The van der Waals surface area contributed by atoms with Gasteiger partial charge in [0.05, 0.1) is 19.1 Å². The van der Waals surface area contributed by atoms with Gasteiger partial charge in [0.2, 0.25) is 5.91 Å². The van der Waals surface area contributed by atoms with E-state index in [0.29, 0.717) is 19.8 Å². The van der Waals surface area contributed by atoms with Crippen LogP contribution in [-0.2, 0) is 20.9 Å². The van der Waals surface area contributed by atoms with Crippen molar-refractivity contribution in [1.82, 2.24) is 5.32 Å². The number of aliphatic carboxylic acids is 1. The van der Waals surface area contributed by atoms with Gasteiger partial charge in [-0.25, -0.2) is 4.79 Å². The van der Waals surface area contributed by atoms with Gasteiger partial charge in [-0.2, -0.15) is 0 Å². The van der Waals surface area contributed by atoms with Crippen molar-refractivity contribution in [2.24, 2.45) is 5.92 Å². The van der Waals surface area contributed by atoms with Crippen molar-refractivity contribution in [1.29, 1.82) is 0 Å². The Hall–Kier alpha value is -1.66. The minimum Gasteiger partial charge on any atom is -0.478 e. The molecular weight excluding hydrogens is 266 g/mol. The first-order chi connectivity index (χ1) is 9.16. The number of ether oxygens (including phenoxy) is 1. The maximum absolute atomic E-state index is 11.8. The Kier molecular flexibility index (Phi) is 4.70. The molecule has 0 saturated carbocycles. The normalized spacial score (nSPS) is 18.8.